The second kappa shape index (κ2) is 10.5. The molecule has 7 nitrogen and oxygen atoms in total. The minimum atomic E-state index is -3.92. The lowest BCUT2D eigenvalue weighted by atomic mass is 10.1. The van der Waals surface area contributed by atoms with Crippen LogP contribution in [0.1, 0.15) is 24.0 Å². The van der Waals surface area contributed by atoms with Crippen LogP contribution >= 0.6 is 0 Å². The molecule has 176 valence electrons. The molecule has 0 atom stereocenters. The molecule has 1 aliphatic rings. The van der Waals surface area contributed by atoms with Crippen LogP contribution < -0.4 is 9.62 Å². The van der Waals surface area contributed by atoms with E-state index in [2.05, 4.69) is 5.32 Å². The van der Waals surface area contributed by atoms with E-state index in [1.807, 2.05) is 29.2 Å². The van der Waals surface area contributed by atoms with Gasteiger partial charge in [0.1, 0.15) is 6.54 Å². The van der Waals surface area contributed by atoms with Crippen LogP contribution in [0.15, 0.2) is 89.8 Å². The summed E-state index contributed by atoms with van der Waals surface area (Å²) < 4.78 is 27.7. The van der Waals surface area contributed by atoms with Gasteiger partial charge in [-0.25, -0.2) is 8.42 Å². The zero-order valence-corrected chi connectivity index (χ0v) is 19.6. The number of benzene rings is 3. The van der Waals surface area contributed by atoms with Crippen LogP contribution in [0.25, 0.3) is 0 Å². The Kier molecular flexibility index (Phi) is 7.27. The Labute approximate surface area is 200 Å². The van der Waals surface area contributed by atoms with Gasteiger partial charge in [0.2, 0.25) is 11.8 Å². The Morgan fingerprint density at radius 3 is 2.26 bits per heavy atom. The molecule has 0 spiro atoms. The molecule has 34 heavy (non-hydrogen) atoms. The number of rotatable bonds is 9. The molecular weight excluding hydrogens is 450 g/mol. The SMILES string of the molecule is O=C(CN(c1ccccc1)S(=O)(=O)c1ccccc1)NCc1cccc(CN2CCCC2=O)c1. The Morgan fingerprint density at radius 1 is 0.912 bits per heavy atom. The third-order valence-corrected chi connectivity index (χ3v) is 7.48. The monoisotopic (exact) mass is 477 g/mol. The first-order chi connectivity index (χ1) is 16.4. The molecule has 0 aliphatic carbocycles. The van der Waals surface area contributed by atoms with E-state index in [4.69, 9.17) is 0 Å². The van der Waals surface area contributed by atoms with Crippen LogP contribution in [-0.4, -0.2) is 38.2 Å². The zero-order valence-electron chi connectivity index (χ0n) is 18.8. The lowest BCUT2D eigenvalue weighted by Crippen LogP contribution is -2.40. The van der Waals surface area contributed by atoms with Crippen LogP contribution in [0.3, 0.4) is 0 Å². The smallest absolute Gasteiger partial charge is 0.264 e. The highest BCUT2D eigenvalue weighted by molar-refractivity contribution is 7.92. The number of para-hydroxylation sites is 1. The highest BCUT2D eigenvalue weighted by atomic mass is 32.2. The van der Waals surface area contributed by atoms with Gasteiger partial charge in [-0.2, -0.15) is 0 Å². The highest BCUT2D eigenvalue weighted by Crippen LogP contribution is 2.23. The largest absolute Gasteiger partial charge is 0.350 e. The van der Waals surface area contributed by atoms with Gasteiger partial charge >= 0.3 is 0 Å². The fourth-order valence-corrected chi connectivity index (χ4v) is 5.39. The Hall–Kier alpha value is -3.65. The number of carbonyl (C=O) groups is 2. The summed E-state index contributed by atoms with van der Waals surface area (Å²) in [5.41, 5.74) is 2.30. The summed E-state index contributed by atoms with van der Waals surface area (Å²) in [6.07, 6.45) is 1.48. The minimum absolute atomic E-state index is 0.121. The third-order valence-electron chi connectivity index (χ3n) is 5.69. The molecule has 0 saturated carbocycles. The van der Waals surface area contributed by atoms with Crippen LogP contribution in [0.2, 0.25) is 0 Å². The summed E-state index contributed by atoms with van der Waals surface area (Å²) in [5.74, 6) is -0.247. The topological polar surface area (TPSA) is 86.8 Å². The predicted octanol–water partition coefficient (Wildman–Crippen LogP) is 3.32. The molecule has 2 amide bonds. The molecule has 3 aromatic rings. The maximum atomic E-state index is 13.3. The van der Waals surface area contributed by atoms with E-state index in [1.165, 1.54) is 12.1 Å². The first-order valence-electron chi connectivity index (χ1n) is 11.2. The molecule has 0 radical (unpaired) electrons. The number of carbonyl (C=O) groups excluding carboxylic acids is 2. The molecule has 0 unspecified atom stereocenters. The van der Waals surface area contributed by atoms with Gasteiger partial charge < -0.3 is 10.2 Å². The number of hydrogen-bond acceptors (Lipinski definition) is 4. The molecule has 4 rings (SSSR count). The number of anilines is 1. The van der Waals surface area contributed by atoms with Crippen molar-refractivity contribution in [2.45, 2.75) is 30.8 Å². The van der Waals surface area contributed by atoms with E-state index < -0.39 is 15.9 Å². The normalized spacial score (nSPS) is 13.6. The van der Waals surface area contributed by atoms with Crippen molar-refractivity contribution in [3.8, 4) is 0 Å². The molecule has 0 aromatic heterocycles. The molecule has 0 bridgehead atoms. The quantitative estimate of drug-likeness (QED) is 0.512. The van der Waals surface area contributed by atoms with Gasteiger partial charge in [0, 0.05) is 26.1 Å². The Balaban J connectivity index is 1.45. The van der Waals surface area contributed by atoms with Crippen molar-refractivity contribution in [3.05, 3.63) is 96.1 Å². The number of amides is 2. The van der Waals surface area contributed by atoms with Crippen molar-refractivity contribution in [2.24, 2.45) is 0 Å². The van der Waals surface area contributed by atoms with Crippen LogP contribution in [0.5, 0.6) is 0 Å². The summed E-state index contributed by atoms with van der Waals surface area (Å²) in [6.45, 7) is 1.24. The molecule has 3 aromatic carbocycles. The van der Waals surface area contributed by atoms with Crippen molar-refractivity contribution >= 4 is 27.5 Å². The van der Waals surface area contributed by atoms with E-state index in [0.29, 0.717) is 18.7 Å². The van der Waals surface area contributed by atoms with Gasteiger partial charge in [0.15, 0.2) is 0 Å². The second-order valence-electron chi connectivity index (χ2n) is 8.18. The molecule has 1 N–H and O–H groups in total. The summed E-state index contributed by atoms with van der Waals surface area (Å²) in [6, 6.07) is 24.4. The Morgan fingerprint density at radius 2 is 1.59 bits per heavy atom. The number of nitrogens with one attached hydrogen (secondary N) is 1. The second-order valence-corrected chi connectivity index (χ2v) is 10.0. The zero-order chi connectivity index (χ0) is 24.0. The van der Waals surface area contributed by atoms with E-state index in [9.17, 15) is 18.0 Å². The van der Waals surface area contributed by atoms with Crippen molar-refractivity contribution in [1.29, 1.82) is 0 Å². The average molecular weight is 478 g/mol. The van der Waals surface area contributed by atoms with E-state index in [-0.39, 0.29) is 23.9 Å². The number of likely N-dealkylation sites (tertiary alicyclic amines) is 1. The number of hydrogen-bond donors (Lipinski definition) is 1. The van der Waals surface area contributed by atoms with Crippen LogP contribution in [0, 0.1) is 0 Å². The van der Waals surface area contributed by atoms with Gasteiger partial charge in [0.25, 0.3) is 10.0 Å². The van der Waals surface area contributed by atoms with Gasteiger partial charge in [-0.05, 0) is 41.8 Å². The lowest BCUT2D eigenvalue weighted by molar-refractivity contribution is -0.128. The number of sulfonamides is 1. The molecule has 1 aliphatic heterocycles. The van der Waals surface area contributed by atoms with Gasteiger partial charge in [-0.15, -0.1) is 0 Å². The van der Waals surface area contributed by atoms with Gasteiger partial charge in [-0.1, -0.05) is 60.7 Å². The summed E-state index contributed by atoms with van der Waals surface area (Å²) in [5, 5.41) is 2.83. The summed E-state index contributed by atoms with van der Waals surface area (Å²) in [7, 11) is -3.92. The van der Waals surface area contributed by atoms with Gasteiger partial charge in [0.05, 0.1) is 10.6 Å². The van der Waals surface area contributed by atoms with E-state index >= 15 is 0 Å². The fourth-order valence-electron chi connectivity index (χ4n) is 3.95. The third kappa shape index (κ3) is 5.63. The number of nitrogens with zero attached hydrogens (tertiary/aromatic N) is 2. The average Bonchev–Trinajstić information content (AvgIpc) is 3.26. The standard InChI is InChI=1S/C26H27N3O4S/c30-25(27-18-21-9-7-10-22(17-21)19-28-16-8-15-26(28)31)20-29(23-11-3-1-4-12-23)34(32,33)24-13-5-2-6-14-24/h1-7,9-14,17H,8,15-16,18-20H2,(H,27,30). The molecule has 1 heterocycles. The first kappa shape index (κ1) is 23.5. The summed E-state index contributed by atoms with van der Waals surface area (Å²) in [4.78, 5) is 26.7. The predicted molar refractivity (Wildman–Crippen MR) is 130 cm³/mol. The maximum Gasteiger partial charge on any atom is 0.264 e. The van der Waals surface area contributed by atoms with Crippen LogP contribution in [0.4, 0.5) is 5.69 Å². The van der Waals surface area contributed by atoms with E-state index in [1.54, 1.807) is 48.5 Å². The minimum Gasteiger partial charge on any atom is -0.350 e. The van der Waals surface area contributed by atoms with Crippen molar-refractivity contribution in [3.63, 3.8) is 0 Å². The molecule has 1 saturated heterocycles. The van der Waals surface area contributed by atoms with Crippen molar-refractivity contribution < 1.29 is 18.0 Å². The van der Waals surface area contributed by atoms with Crippen molar-refractivity contribution in [2.75, 3.05) is 17.4 Å². The maximum absolute atomic E-state index is 13.3. The lowest BCUT2D eigenvalue weighted by Gasteiger charge is -2.24. The molecular formula is C26H27N3O4S. The van der Waals surface area contributed by atoms with Crippen molar-refractivity contribution in [1.82, 2.24) is 10.2 Å². The van der Waals surface area contributed by atoms with E-state index in [0.717, 1.165) is 28.4 Å². The van der Waals surface area contributed by atoms with Gasteiger partial charge in [-0.3, -0.25) is 13.9 Å². The van der Waals surface area contributed by atoms with Crippen LogP contribution in [-0.2, 0) is 32.7 Å². The fraction of sp³-hybridized carbons (Fsp3) is 0.231. The molecule has 8 heteroatoms. The summed E-state index contributed by atoms with van der Waals surface area (Å²) >= 11 is 0. The first-order valence-corrected chi connectivity index (χ1v) is 12.6. The molecule has 1 fully saturated rings. The Bertz CT molecular complexity index is 1250. The highest BCUT2D eigenvalue weighted by Gasteiger charge is 2.27.